The molecular weight excluding hydrogens is 270 g/mol. The molecule has 1 aliphatic heterocycles. The van der Waals surface area contributed by atoms with Crippen molar-refractivity contribution in [3.63, 3.8) is 0 Å². The third-order valence-corrected chi connectivity index (χ3v) is 3.37. The van der Waals surface area contributed by atoms with Gasteiger partial charge in [-0.25, -0.2) is 0 Å². The zero-order valence-electron chi connectivity index (χ0n) is 10.9. The van der Waals surface area contributed by atoms with Gasteiger partial charge in [-0.1, -0.05) is 6.07 Å². The van der Waals surface area contributed by atoms with Crippen molar-refractivity contribution in [3.8, 4) is 11.5 Å². The summed E-state index contributed by atoms with van der Waals surface area (Å²) < 4.78 is 10.4. The van der Waals surface area contributed by atoms with Crippen LogP contribution in [0.2, 0.25) is 0 Å². The molecule has 6 heteroatoms. The fourth-order valence-corrected chi connectivity index (χ4v) is 2.37. The minimum Gasteiger partial charge on any atom is -0.493 e. The Bertz CT molecular complexity index is 452. The van der Waals surface area contributed by atoms with Gasteiger partial charge in [0.25, 0.3) is 0 Å². The Morgan fingerprint density at radius 3 is 2.53 bits per heavy atom. The summed E-state index contributed by atoms with van der Waals surface area (Å²) in [6.07, 6.45) is 0. The van der Waals surface area contributed by atoms with E-state index >= 15 is 0 Å². The lowest BCUT2D eigenvalue weighted by Crippen LogP contribution is -2.21. The summed E-state index contributed by atoms with van der Waals surface area (Å²) in [5.41, 5.74) is 0.963. The molecule has 0 bridgehead atoms. The monoisotopic (exact) mass is 287 g/mol. The highest BCUT2D eigenvalue weighted by molar-refractivity contribution is 5.85. The summed E-state index contributed by atoms with van der Waals surface area (Å²) in [6.45, 7) is 1.18. The molecule has 2 N–H and O–H groups in total. The normalized spacial score (nSPS) is 21.6. The molecule has 2 rings (SSSR count). The molecule has 1 saturated heterocycles. The number of carbonyl (C=O) groups is 1. The second kappa shape index (κ2) is 6.63. The first-order valence-corrected chi connectivity index (χ1v) is 5.82. The van der Waals surface area contributed by atoms with Gasteiger partial charge in [-0.05, 0) is 17.7 Å². The van der Waals surface area contributed by atoms with Crippen molar-refractivity contribution in [2.24, 2.45) is 5.92 Å². The van der Waals surface area contributed by atoms with E-state index in [1.807, 2.05) is 18.2 Å². The molecular formula is C13H18ClNO4. The first-order chi connectivity index (χ1) is 8.67. The van der Waals surface area contributed by atoms with Crippen LogP contribution in [0.15, 0.2) is 18.2 Å². The second-order valence-corrected chi connectivity index (χ2v) is 4.32. The van der Waals surface area contributed by atoms with Crippen molar-refractivity contribution in [2.45, 2.75) is 5.92 Å². The second-order valence-electron chi connectivity index (χ2n) is 4.32. The van der Waals surface area contributed by atoms with E-state index in [1.165, 1.54) is 0 Å². The van der Waals surface area contributed by atoms with Crippen LogP contribution in [0.1, 0.15) is 11.5 Å². The van der Waals surface area contributed by atoms with Crippen LogP contribution in [0.4, 0.5) is 0 Å². The maximum Gasteiger partial charge on any atom is 0.308 e. The molecule has 1 aromatic rings. The van der Waals surface area contributed by atoms with Crippen LogP contribution in [0.3, 0.4) is 0 Å². The lowest BCUT2D eigenvalue weighted by Gasteiger charge is -2.17. The van der Waals surface area contributed by atoms with Crippen LogP contribution < -0.4 is 14.8 Å². The molecule has 1 aliphatic rings. The smallest absolute Gasteiger partial charge is 0.308 e. The van der Waals surface area contributed by atoms with Gasteiger partial charge in [0.2, 0.25) is 0 Å². The summed E-state index contributed by atoms with van der Waals surface area (Å²) in [6, 6.07) is 5.56. The van der Waals surface area contributed by atoms with Gasteiger partial charge >= 0.3 is 5.97 Å². The number of carboxylic acids is 1. The third-order valence-electron chi connectivity index (χ3n) is 3.37. The van der Waals surface area contributed by atoms with Crippen LogP contribution >= 0.6 is 12.4 Å². The Kier molecular flexibility index (Phi) is 5.44. The first-order valence-electron chi connectivity index (χ1n) is 5.82. The van der Waals surface area contributed by atoms with Crippen LogP contribution in [0.5, 0.6) is 11.5 Å². The average molecular weight is 288 g/mol. The van der Waals surface area contributed by atoms with Crippen molar-refractivity contribution < 1.29 is 19.4 Å². The number of hydrogen-bond acceptors (Lipinski definition) is 4. The van der Waals surface area contributed by atoms with Gasteiger partial charge in [0.1, 0.15) is 0 Å². The Labute approximate surface area is 118 Å². The molecule has 19 heavy (non-hydrogen) atoms. The van der Waals surface area contributed by atoms with Crippen molar-refractivity contribution in [3.05, 3.63) is 23.8 Å². The van der Waals surface area contributed by atoms with E-state index in [4.69, 9.17) is 9.47 Å². The zero-order valence-corrected chi connectivity index (χ0v) is 11.7. The molecule has 0 unspecified atom stereocenters. The SMILES string of the molecule is COc1ccc([C@H]2CNC[C@@H]2C(=O)O)cc1OC.Cl. The van der Waals surface area contributed by atoms with Crippen molar-refractivity contribution in [1.29, 1.82) is 0 Å². The number of carboxylic acid groups (broad SMARTS) is 1. The molecule has 0 spiro atoms. The molecule has 5 nitrogen and oxygen atoms in total. The molecule has 0 amide bonds. The van der Waals surface area contributed by atoms with Crippen molar-refractivity contribution >= 4 is 18.4 Å². The first kappa shape index (κ1) is 15.6. The van der Waals surface area contributed by atoms with Crippen molar-refractivity contribution in [1.82, 2.24) is 5.32 Å². The maximum absolute atomic E-state index is 11.2. The quantitative estimate of drug-likeness (QED) is 0.879. The van der Waals surface area contributed by atoms with Gasteiger partial charge in [0, 0.05) is 19.0 Å². The topological polar surface area (TPSA) is 67.8 Å². The molecule has 0 radical (unpaired) electrons. The van der Waals surface area contributed by atoms with Gasteiger partial charge in [-0.2, -0.15) is 0 Å². The maximum atomic E-state index is 11.2. The molecule has 0 saturated carbocycles. The van der Waals surface area contributed by atoms with E-state index in [0.717, 1.165) is 5.56 Å². The van der Waals surface area contributed by atoms with E-state index in [0.29, 0.717) is 24.6 Å². The van der Waals surface area contributed by atoms with Gasteiger partial charge in [0.05, 0.1) is 20.1 Å². The van der Waals surface area contributed by atoms with Crippen LogP contribution in [-0.4, -0.2) is 38.4 Å². The number of aliphatic carboxylic acids is 1. The number of rotatable bonds is 4. The number of nitrogens with one attached hydrogen (secondary N) is 1. The predicted octanol–water partition coefficient (Wildman–Crippen LogP) is 1.51. The van der Waals surface area contributed by atoms with Gasteiger partial charge in [-0.3, -0.25) is 4.79 Å². The van der Waals surface area contributed by atoms with Crippen LogP contribution in [-0.2, 0) is 4.79 Å². The number of methoxy groups -OCH3 is 2. The Balaban J connectivity index is 0.00000180. The van der Waals surface area contributed by atoms with E-state index in [1.54, 1.807) is 14.2 Å². The number of halogens is 1. The fraction of sp³-hybridized carbons (Fsp3) is 0.462. The highest BCUT2D eigenvalue weighted by Gasteiger charge is 2.34. The molecule has 1 fully saturated rings. The predicted molar refractivity (Wildman–Crippen MR) is 73.5 cm³/mol. The minimum atomic E-state index is -0.764. The lowest BCUT2D eigenvalue weighted by atomic mass is 9.89. The standard InChI is InChI=1S/C13H17NO4.ClH/c1-17-11-4-3-8(5-12(11)18-2)9-6-14-7-10(9)13(15)16;/h3-5,9-10,14H,6-7H2,1-2H3,(H,15,16);1H/t9-,10+;/m1./s1. The van der Waals surface area contributed by atoms with Gasteiger partial charge in [0.15, 0.2) is 11.5 Å². The Morgan fingerprint density at radius 1 is 1.26 bits per heavy atom. The number of benzene rings is 1. The Hall–Kier alpha value is -1.46. The zero-order chi connectivity index (χ0) is 13.1. The van der Waals surface area contributed by atoms with Gasteiger partial charge in [-0.15, -0.1) is 12.4 Å². The minimum absolute atomic E-state index is 0. The highest BCUT2D eigenvalue weighted by atomic mass is 35.5. The number of hydrogen-bond donors (Lipinski definition) is 2. The number of ether oxygens (including phenoxy) is 2. The molecule has 2 atom stereocenters. The van der Waals surface area contributed by atoms with Gasteiger partial charge < -0.3 is 19.9 Å². The molecule has 0 aliphatic carbocycles. The summed E-state index contributed by atoms with van der Waals surface area (Å²) in [5.74, 6) is 0.107. The lowest BCUT2D eigenvalue weighted by molar-refractivity contribution is -0.141. The fourth-order valence-electron chi connectivity index (χ4n) is 2.37. The molecule has 0 aromatic heterocycles. The average Bonchev–Trinajstić information content (AvgIpc) is 2.87. The molecule has 106 valence electrons. The van der Waals surface area contributed by atoms with E-state index in [-0.39, 0.29) is 24.2 Å². The molecule has 1 aromatic carbocycles. The summed E-state index contributed by atoms with van der Waals surface area (Å²) in [4.78, 5) is 11.2. The van der Waals surface area contributed by atoms with E-state index in [2.05, 4.69) is 5.32 Å². The van der Waals surface area contributed by atoms with Crippen LogP contribution in [0.25, 0.3) is 0 Å². The molecule has 1 heterocycles. The largest absolute Gasteiger partial charge is 0.493 e. The summed E-state index contributed by atoms with van der Waals surface area (Å²) in [7, 11) is 3.15. The third kappa shape index (κ3) is 3.11. The summed E-state index contributed by atoms with van der Waals surface area (Å²) >= 11 is 0. The van der Waals surface area contributed by atoms with Crippen molar-refractivity contribution in [2.75, 3.05) is 27.3 Å². The highest BCUT2D eigenvalue weighted by Crippen LogP contribution is 2.34. The summed E-state index contributed by atoms with van der Waals surface area (Å²) in [5, 5.41) is 12.3. The van der Waals surface area contributed by atoms with E-state index < -0.39 is 5.97 Å². The van der Waals surface area contributed by atoms with E-state index in [9.17, 15) is 9.90 Å². The Morgan fingerprint density at radius 2 is 1.95 bits per heavy atom. The van der Waals surface area contributed by atoms with Crippen LogP contribution in [0, 0.1) is 5.92 Å².